The van der Waals surface area contributed by atoms with Crippen LogP contribution in [0.1, 0.15) is 31.0 Å². The lowest BCUT2D eigenvalue weighted by atomic mass is 9.80. The zero-order chi connectivity index (χ0) is 14.1. The Labute approximate surface area is 102 Å². The summed E-state index contributed by atoms with van der Waals surface area (Å²) in [5.41, 5.74) is 3.50. The molecule has 0 aromatic heterocycles. The summed E-state index contributed by atoms with van der Waals surface area (Å²) in [6, 6.07) is 1.32. The first kappa shape index (κ1) is 14.9. The quantitative estimate of drug-likeness (QED) is 0.825. The summed E-state index contributed by atoms with van der Waals surface area (Å²) in [7, 11) is 0. The van der Waals surface area contributed by atoms with Crippen LogP contribution < -0.4 is 5.73 Å². The monoisotopic (exact) mass is 265 g/mol. The highest BCUT2D eigenvalue weighted by Gasteiger charge is 2.38. The molecule has 1 aromatic carbocycles. The van der Waals surface area contributed by atoms with Crippen LogP contribution in [0.25, 0.3) is 0 Å². The van der Waals surface area contributed by atoms with E-state index in [0.29, 0.717) is 6.07 Å². The highest BCUT2D eigenvalue weighted by atomic mass is 19.4. The third kappa shape index (κ3) is 3.00. The van der Waals surface area contributed by atoms with Crippen molar-refractivity contribution in [3.8, 4) is 0 Å². The van der Waals surface area contributed by atoms with Crippen molar-refractivity contribution >= 4 is 0 Å². The smallest absolute Gasteiger partial charge is 0.396 e. The van der Waals surface area contributed by atoms with Crippen LogP contribution in [0.3, 0.4) is 0 Å². The van der Waals surface area contributed by atoms with Gasteiger partial charge in [0.2, 0.25) is 0 Å². The number of hydrogen-bond donors (Lipinski definition) is 2. The Hall–Kier alpha value is -1.14. The van der Waals surface area contributed by atoms with E-state index in [4.69, 9.17) is 10.8 Å². The molecule has 0 aliphatic rings. The minimum Gasteiger partial charge on any atom is -0.396 e. The van der Waals surface area contributed by atoms with E-state index < -0.39 is 29.0 Å². The molecule has 1 rings (SSSR count). The molecule has 0 radical (unpaired) electrons. The fraction of sp³-hybridized carbons (Fsp3) is 0.500. The Kier molecular flexibility index (Phi) is 4.02. The highest BCUT2D eigenvalue weighted by Crippen LogP contribution is 2.39. The highest BCUT2D eigenvalue weighted by molar-refractivity contribution is 5.34. The second kappa shape index (κ2) is 4.85. The molecule has 3 N–H and O–H groups in total. The van der Waals surface area contributed by atoms with Gasteiger partial charge in [0, 0.05) is 18.1 Å². The van der Waals surface area contributed by atoms with Gasteiger partial charge in [-0.1, -0.05) is 19.9 Å². The Bertz CT molecular complexity index is 429. The fourth-order valence-electron chi connectivity index (χ4n) is 1.56. The molecule has 18 heavy (non-hydrogen) atoms. The van der Waals surface area contributed by atoms with Gasteiger partial charge in [-0.15, -0.1) is 0 Å². The molecule has 0 saturated carbocycles. The lowest BCUT2D eigenvalue weighted by Gasteiger charge is -2.31. The molecular weight excluding hydrogens is 250 g/mol. The van der Waals surface area contributed by atoms with E-state index in [1.165, 1.54) is 0 Å². The maximum absolute atomic E-state index is 12.9. The summed E-state index contributed by atoms with van der Waals surface area (Å²) in [5, 5.41) is 9.14. The number of aliphatic hydroxyl groups is 1. The second-order valence-electron chi connectivity index (χ2n) is 4.85. The van der Waals surface area contributed by atoms with Crippen molar-refractivity contribution < 1.29 is 22.7 Å². The van der Waals surface area contributed by atoms with E-state index in [-0.39, 0.29) is 12.2 Å². The molecule has 0 saturated heterocycles. The maximum Gasteiger partial charge on any atom is 0.416 e. The Morgan fingerprint density at radius 3 is 2.28 bits per heavy atom. The molecule has 6 heteroatoms. The Morgan fingerprint density at radius 1 is 1.28 bits per heavy atom. The van der Waals surface area contributed by atoms with Crippen LogP contribution in [0, 0.1) is 11.2 Å². The predicted molar refractivity (Wildman–Crippen MR) is 59.2 cm³/mol. The van der Waals surface area contributed by atoms with Crippen LogP contribution in [0.5, 0.6) is 0 Å². The zero-order valence-electron chi connectivity index (χ0n) is 10.1. The van der Waals surface area contributed by atoms with Gasteiger partial charge in [-0.2, -0.15) is 13.2 Å². The van der Waals surface area contributed by atoms with Crippen molar-refractivity contribution in [1.82, 2.24) is 0 Å². The minimum absolute atomic E-state index is 0.219. The first-order valence-electron chi connectivity index (χ1n) is 5.32. The normalized spacial score (nSPS) is 14.7. The van der Waals surface area contributed by atoms with Crippen molar-refractivity contribution in [2.45, 2.75) is 26.1 Å². The van der Waals surface area contributed by atoms with Crippen molar-refractivity contribution in [2.24, 2.45) is 11.1 Å². The van der Waals surface area contributed by atoms with E-state index in [9.17, 15) is 17.6 Å². The molecule has 2 nitrogen and oxygen atoms in total. The molecule has 0 unspecified atom stereocenters. The largest absolute Gasteiger partial charge is 0.416 e. The van der Waals surface area contributed by atoms with Gasteiger partial charge in [-0.3, -0.25) is 0 Å². The number of rotatable bonds is 3. The van der Waals surface area contributed by atoms with Crippen LogP contribution in [0.2, 0.25) is 0 Å². The molecule has 0 aliphatic heterocycles. The van der Waals surface area contributed by atoms with Gasteiger partial charge < -0.3 is 10.8 Å². The third-order valence-corrected chi connectivity index (χ3v) is 2.91. The van der Waals surface area contributed by atoms with Crippen LogP contribution >= 0.6 is 0 Å². The van der Waals surface area contributed by atoms with Gasteiger partial charge in [0.25, 0.3) is 0 Å². The van der Waals surface area contributed by atoms with E-state index in [0.717, 1.165) is 12.1 Å². The van der Waals surface area contributed by atoms with Crippen LogP contribution in [0.15, 0.2) is 18.2 Å². The Morgan fingerprint density at radius 2 is 1.83 bits per heavy atom. The van der Waals surface area contributed by atoms with Gasteiger partial charge in [-0.05, 0) is 17.7 Å². The molecule has 0 fully saturated rings. The molecule has 0 amide bonds. The first-order valence-corrected chi connectivity index (χ1v) is 5.32. The fourth-order valence-corrected chi connectivity index (χ4v) is 1.56. The first-order chi connectivity index (χ1) is 8.09. The summed E-state index contributed by atoms with van der Waals surface area (Å²) in [4.78, 5) is 0. The SMILES string of the molecule is CC(C)(CO)[C@@H](N)c1ccc(F)cc1C(F)(F)F. The third-order valence-electron chi connectivity index (χ3n) is 2.91. The zero-order valence-corrected chi connectivity index (χ0v) is 10.1. The van der Waals surface area contributed by atoms with Gasteiger partial charge in [0.05, 0.1) is 5.56 Å². The van der Waals surface area contributed by atoms with Gasteiger partial charge in [0.15, 0.2) is 0 Å². The maximum atomic E-state index is 12.9. The van der Waals surface area contributed by atoms with Crippen molar-refractivity contribution in [3.05, 3.63) is 35.1 Å². The molecule has 1 aromatic rings. The van der Waals surface area contributed by atoms with Crippen molar-refractivity contribution in [3.63, 3.8) is 0 Å². The number of benzene rings is 1. The summed E-state index contributed by atoms with van der Waals surface area (Å²) < 4.78 is 51.3. The molecule has 0 spiro atoms. The van der Waals surface area contributed by atoms with Crippen molar-refractivity contribution in [2.75, 3.05) is 6.61 Å². The van der Waals surface area contributed by atoms with Crippen LogP contribution in [-0.2, 0) is 6.18 Å². The summed E-state index contributed by atoms with van der Waals surface area (Å²) >= 11 is 0. The van der Waals surface area contributed by atoms with E-state index in [2.05, 4.69) is 0 Å². The molecule has 0 heterocycles. The summed E-state index contributed by atoms with van der Waals surface area (Å²) in [6.07, 6.45) is -4.68. The molecular formula is C12H15F4NO. The lowest BCUT2D eigenvalue weighted by Crippen LogP contribution is -2.34. The summed E-state index contributed by atoms with van der Waals surface area (Å²) in [6.45, 7) is 2.71. The number of aliphatic hydroxyl groups excluding tert-OH is 1. The minimum atomic E-state index is -4.68. The average molecular weight is 265 g/mol. The average Bonchev–Trinajstić information content (AvgIpc) is 2.27. The predicted octanol–water partition coefficient (Wildman–Crippen LogP) is 2.86. The molecule has 102 valence electrons. The molecule has 1 atom stereocenters. The molecule has 0 aliphatic carbocycles. The van der Waals surface area contributed by atoms with Gasteiger partial charge >= 0.3 is 6.18 Å². The van der Waals surface area contributed by atoms with E-state index in [1.807, 2.05) is 0 Å². The lowest BCUT2D eigenvalue weighted by molar-refractivity contribution is -0.138. The van der Waals surface area contributed by atoms with Gasteiger partial charge in [0.1, 0.15) is 5.82 Å². The number of hydrogen-bond acceptors (Lipinski definition) is 2. The second-order valence-corrected chi connectivity index (χ2v) is 4.85. The number of nitrogens with two attached hydrogens (primary N) is 1. The summed E-state index contributed by atoms with van der Waals surface area (Å²) in [5.74, 6) is -0.972. The number of alkyl halides is 3. The van der Waals surface area contributed by atoms with Crippen molar-refractivity contribution in [1.29, 1.82) is 0 Å². The van der Waals surface area contributed by atoms with Crippen LogP contribution in [-0.4, -0.2) is 11.7 Å². The van der Waals surface area contributed by atoms with E-state index >= 15 is 0 Å². The number of halogens is 4. The standard InChI is InChI=1S/C12H15F4NO/c1-11(2,6-18)10(17)8-4-3-7(13)5-9(8)12(14,15)16/h3-5,10,18H,6,17H2,1-2H3/t10-/m0/s1. The van der Waals surface area contributed by atoms with E-state index in [1.54, 1.807) is 13.8 Å². The molecule has 0 bridgehead atoms. The van der Waals surface area contributed by atoms with Gasteiger partial charge in [-0.25, -0.2) is 4.39 Å². The topological polar surface area (TPSA) is 46.2 Å². The van der Waals surface area contributed by atoms with Crippen LogP contribution in [0.4, 0.5) is 17.6 Å². The Balaban J connectivity index is 3.33.